The van der Waals surface area contributed by atoms with E-state index in [2.05, 4.69) is 26.1 Å². The van der Waals surface area contributed by atoms with Gasteiger partial charge >= 0.3 is 5.69 Å². The van der Waals surface area contributed by atoms with Crippen LogP contribution in [-0.4, -0.2) is 14.8 Å². The Bertz CT molecular complexity index is 575. The van der Waals surface area contributed by atoms with Crippen LogP contribution in [0.3, 0.4) is 0 Å². The number of H-pyrrole nitrogens is 1. The van der Waals surface area contributed by atoms with Crippen molar-refractivity contribution in [2.45, 2.75) is 10.9 Å². The van der Waals surface area contributed by atoms with Crippen LogP contribution in [0.15, 0.2) is 32.6 Å². The molecule has 17 heavy (non-hydrogen) atoms. The molecule has 2 rings (SSSR count). The summed E-state index contributed by atoms with van der Waals surface area (Å²) in [4.78, 5) is 11.1. The Morgan fingerprint density at radius 1 is 1.53 bits per heavy atom. The summed E-state index contributed by atoms with van der Waals surface area (Å²) in [5.41, 5.74) is 0.574. The van der Waals surface area contributed by atoms with Gasteiger partial charge in [-0.15, -0.1) is 5.10 Å². The molecule has 0 aliphatic heterocycles. The maximum atomic E-state index is 13.1. The Morgan fingerprint density at radius 2 is 2.29 bits per heavy atom. The van der Waals surface area contributed by atoms with Crippen molar-refractivity contribution in [1.29, 1.82) is 0 Å². The monoisotopic (exact) mass is 317 g/mol. The molecule has 0 radical (unpaired) electrons. The van der Waals surface area contributed by atoms with Crippen molar-refractivity contribution in [2.24, 2.45) is 7.05 Å². The predicted molar refractivity (Wildman–Crippen MR) is 67.5 cm³/mol. The van der Waals surface area contributed by atoms with Crippen molar-refractivity contribution in [2.75, 3.05) is 0 Å². The van der Waals surface area contributed by atoms with Gasteiger partial charge in [-0.2, -0.15) is 0 Å². The summed E-state index contributed by atoms with van der Waals surface area (Å²) >= 11 is 4.60. The smallest absolute Gasteiger partial charge is 0.273 e. The molecule has 4 nitrogen and oxygen atoms in total. The first-order valence-electron chi connectivity index (χ1n) is 4.75. The zero-order valence-corrected chi connectivity index (χ0v) is 11.3. The standard InChI is InChI=1S/C10H9BrFN3OS/c1-15-9(16)13-14-10(15)17-5-6-2-7(11)4-8(12)3-6/h2-4H,5H2,1H3,(H,13,16). The third-order valence-electron chi connectivity index (χ3n) is 2.13. The highest BCUT2D eigenvalue weighted by Gasteiger charge is 2.06. The minimum atomic E-state index is -0.286. The number of aromatic amines is 1. The Hall–Kier alpha value is -1.08. The first-order valence-corrected chi connectivity index (χ1v) is 6.53. The highest BCUT2D eigenvalue weighted by Crippen LogP contribution is 2.22. The van der Waals surface area contributed by atoms with Crippen LogP contribution >= 0.6 is 27.7 Å². The number of hydrogen-bond donors (Lipinski definition) is 1. The molecule has 0 atom stereocenters. The number of hydrogen-bond acceptors (Lipinski definition) is 3. The third-order valence-corrected chi connectivity index (χ3v) is 3.69. The lowest BCUT2D eigenvalue weighted by molar-refractivity contribution is 0.625. The van der Waals surface area contributed by atoms with E-state index in [9.17, 15) is 9.18 Å². The van der Waals surface area contributed by atoms with Gasteiger partial charge < -0.3 is 0 Å². The second-order valence-corrected chi connectivity index (χ2v) is 5.29. The number of halogens is 2. The number of benzene rings is 1. The van der Waals surface area contributed by atoms with Crippen molar-refractivity contribution in [3.05, 3.63) is 44.5 Å². The van der Waals surface area contributed by atoms with Crippen LogP contribution in [0.1, 0.15) is 5.56 Å². The van der Waals surface area contributed by atoms with Crippen LogP contribution < -0.4 is 5.69 Å². The average Bonchev–Trinajstić information content (AvgIpc) is 2.56. The molecule has 0 saturated heterocycles. The van der Waals surface area contributed by atoms with E-state index in [0.717, 1.165) is 5.56 Å². The van der Waals surface area contributed by atoms with E-state index in [0.29, 0.717) is 15.4 Å². The van der Waals surface area contributed by atoms with E-state index in [1.54, 1.807) is 7.05 Å². The topological polar surface area (TPSA) is 50.7 Å². The highest BCUT2D eigenvalue weighted by atomic mass is 79.9. The van der Waals surface area contributed by atoms with E-state index < -0.39 is 0 Å². The van der Waals surface area contributed by atoms with Crippen LogP contribution in [0.5, 0.6) is 0 Å². The Morgan fingerprint density at radius 3 is 2.88 bits per heavy atom. The summed E-state index contributed by atoms with van der Waals surface area (Å²) in [5.74, 6) is 0.264. The molecule has 0 unspecified atom stereocenters. The largest absolute Gasteiger partial charge is 0.343 e. The van der Waals surface area contributed by atoms with Gasteiger partial charge in [0.15, 0.2) is 5.16 Å². The number of thioether (sulfide) groups is 1. The molecule has 0 aliphatic rings. The molecule has 0 spiro atoms. The third kappa shape index (κ3) is 2.98. The molecule has 2 aromatic rings. The van der Waals surface area contributed by atoms with Crippen molar-refractivity contribution < 1.29 is 4.39 Å². The Kier molecular flexibility index (Phi) is 3.68. The lowest BCUT2D eigenvalue weighted by Gasteiger charge is -2.02. The van der Waals surface area contributed by atoms with Crippen molar-refractivity contribution in [1.82, 2.24) is 14.8 Å². The van der Waals surface area contributed by atoms with Crippen LogP contribution in [0, 0.1) is 5.82 Å². The summed E-state index contributed by atoms with van der Waals surface area (Å²) in [7, 11) is 1.63. The fourth-order valence-electron chi connectivity index (χ4n) is 1.30. The van der Waals surface area contributed by atoms with Crippen molar-refractivity contribution in [3.63, 3.8) is 0 Å². The predicted octanol–water partition coefficient (Wildman–Crippen LogP) is 2.30. The molecule has 7 heteroatoms. The molecule has 1 N–H and O–H groups in total. The fraction of sp³-hybridized carbons (Fsp3) is 0.200. The van der Waals surface area contributed by atoms with Gasteiger partial charge in [0.1, 0.15) is 5.82 Å². The molecule has 0 fully saturated rings. The number of nitrogens with zero attached hydrogens (tertiary/aromatic N) is 2. The lowest BCUT2D eigenvalue weighted by atomic mass is 10.2. The van der Waals surface area contributed by atoms with Crippen LogP contribution in [-0.2, 0) is 12.8 Å². The van der Waals surface area contributed by atoms with Gasteiger partial charge in [-0.3, -0.25) is 4.57 Å². The van der Waals surface area contributed by atoms with E-state index in [1.165, 1.54) is 28.5 Å². The van der Waals surface area contributed by atoms with Crippen molar-refractivity contribution in [3.8, 4) is 0 Å². The summed E-state index contributed by atoms with van der Waals surface area (Å²) in [6.07, 6.45) is 0. The van der Waals surface area contributed by atoms with Gasteiger partial charge in [0, 0.05) is 17.3 Å². The molecule has 0 aliphatic carbocycles. The zero-order chi connectivity index (χ0) is 12.4. The van der Waals surface area contributed by atoms with E-state index in [-0.39, 0.29) is 11.5 Å². The summed E-state index contributed by atoms with van der Waals surface area (Å²) in [6, 6.07) is 4.70. The number of nitrogens with one attached hydrogen (secondary N) is 1. The second kappa shape index (κ2) is 5.05. The normalized spacial score (nSPS) is 10.8. The molecule has 1 aromatic carbocycles. The van der Waals surface area contributed by atoms with Gasteiger partial charge in [-0.25, -0.2) is 14.3 Å². The number of rotatable bonds is 3. The molecule has 90 valence electrons. The fourth-order valence-corrected chi connectivity index (χ4v) is 2.67. The SMILES string of the molecule is Cn1c(SCc2cc(F)cc(Br)c2)n[nH]c1=O. The average molecular weight is 318 g/mol. The van der Waals surface area contributed by atoms with Crippen LogP contribution in [0.25, 0.3) is 0 Å². The zero-order valence-electron chi connectivity index (χ0n) is 8.91. The van der Waals surface area contributed by atoms with E-state index >= 15 is 0 Å². The Balaban J connectivity index is 2.12. The van der Waals surface area contributed by atoms with E-state index in [1.807, 2.05) is 6.07 Å². The van der Waals surface area contributed by atoms with Gasteiger partial charge in [0.2, 0.25) is 0 Å². The quantitative estimate of drug-likeness (QED) is 0.884. The molecule has 1 heterocycles. The van der Waals surface area contributed by atoms with Gasteiger partial charge in [-0.05, 0) is 23.8 Å². The maximum Gasteiger partial charge on any atom is 0.343 e. The molecular formula is C10H9BrFN3OS. The van der Waals surface area contributed by atoms with Crippen LogP contribution in [0.2, 0.25) is 0 Å². The summed E-state index contributed by atoms with van der Waals surface area (Å²) < 4.78 is 15.2. The maximum absolute atomic E-state index is 13.1. The lowest BCUT2D eigenvalue weighted by Crippen LogP contribution is -2.12. The molecular weight excluding hydrogens is 309 g/mol. The summed E-state index contributed by atoms with van der Waals surface area (Å²) in [5, 5.41) is 6.79. The number of aromatic nitrogens is 3. The Labute approximate surface area is 109 Å². The highest BCUT2D eigenvalue weighted by molar-refractivity contribution is 9.10. The molecule has 0 bridgehead atoms. The molecule has 1 aromatic heterocycles. The van der Waals surface area contributed by atoms with Gasteiger partial charge in [0.05, 0.1) is 0 Å². The van der Waals surface area contributed by atoms with Crippen molar-refractivity contribution >= 4 is 27.7 Å². The van der Waals surface area contributed by atoms with E-state index in [4.69, 9.17) is 0 Å². The minimum absolute atomic E-state index is 0.257. The first kappa shape index (κ1) is 12.4. The minimum Gasteiger partial charge on any atom is -0.273 e. The summed E-state index contributed by atoms with van der Waals surface area (Å²) in [6.45, 7) is 0. The van der Waals surface area contributed by atoms with Crippen LogP contribution in [0.4, 0.5) is 4.39 Å². The van der Waals surface area contributed by atoms with Gasteiger partial charge in [-0.1, -0.05) is 27.7 Å². The molecule has 0 amide bonds. The molecule has 0 saturated carbocycles. The first-order chi connectivity index (χ1) is 8.06. The van der Waals surface area contributed by atoms with Gasteiger partial charge in [0.25, 0.3) is 0 Å². The second-order valence-electron chi connectivity index (χ2n) is 3.44.